The molecule has 1 saturated heterocycles. The van der Waals surface area contributed by atoms with Crippen LogP contribution in [0.1, 0.15) is 25.0 Å². The third-order valence-electron chi connectivity index (χ3n) is 5.95. The van der Waals surface area contributed by atoms with Crippen molar-refractivity contribution in [1.82, 2.24) is 5.32 Å². The van der Waals surface area contributed by atoms with Crippen LogP contribution < -0.4 is 29.7 Å². The number of benzene rings is 3. The smallest absolute Gasteiger partial charge is 0.335 e. The van der Waals surface area contributed by atoms with Crippen molar-refractivity contribution in [3.05, 3.63) is 81.3 Å². The largest absolute Gasteiger partial charge is 0.494 e. The van der Waals surface area contributed by atoms with E-state index in [1.165, 1.54) is 30.3 Å². The first-order valence-electron chi connectivity index (χ1n) is 12.9. The Morgan fingerprint density at radius 2 is 1.64 bits per heavy atom. The maximum Gasteiger partial charge on any atom is 0.335 e. The van der Waals surface area contributed by atoms with Crippen molar-refractivity contribution in [2.24, 2.45) is 0 Å². The molecule has 5 amide bonds. The predicted octanol–water partition coefficient (Wildman–Crippen LogP) is 5.78. The zero-order chi connectivity index (χ0) is 30.4. The van der Waals surface area contributed by atoms with Gasteiger partial charge in [0.05, 0.1) is 23.9 Å². The van der Waals surface area contributed by atoms with Crippen molar-refractivity contribution in [3.8, 4) is 17.2 Å². The summed E-state index contributed by atoms with van der Waals surface area (Å²) >= 11 is 12.6. The summed E-state index contributed by atoms with van der Waals surface area (Å²) in [5.74, 6) is -1.29. The van der Waals surface area contributed by atoms with Gasteiger partial charge in [-0.15, -0.1) is 0 Å². The number of imide groups is 2. The quantitative estimate of drug-likeness (QED) is 0.220. The highest BCUT2D eigenvalue weighted by atomic mass is 35.5. The van der Waals surface area contributed by atoms with Gasteiger partial charge in [0.2, 0.25) is 0 Å². The Kier molecular flexibility index (Phi) is 9.72. The van der Waals surface area contributed by atoms with Crippen LogP contribution in [-0.2, 0) is 14.4 Å². The fraction of sp³-hybridized carbons (Fsp3) is 0.200. The number of rotatable bonds is 10. The number of halogens is 2. The lowest BCUT2D eigenvalue weighted by Gasteiger charge is -2.26. The van der Waals surface area contributed by atoms with Crippen molar-refractivity contribution in [3.63, 3.8) is 0 Å². The van der Waals surface area contributed by atoms with Crippen LogP contribution in [0.3, 0.4) is 0 Å². The Bertz CT molecular complexity index is 1570. The summed E-state index contributed by atoms with van der Waals surface area (Å²) in [6.45, 7) is 5.74. The maximum atomic E-state index is 13.3. The van der Waals surface area contributed by atoms with E-state index in [1.807, 2.05) is 13.8 Å². The van der Waals surface area contributed by atoms with Crippen molar-refractivity contribution in [2.75, 3.05) is 30.0 Å². The first kappa shape index (κ1) is 30.4. The summed E-state index contributed by atoms with van der Waals surface area (Å²) in [6, 6.07) is 13.5. The summed E-state index contributed by atoms with van der Waals surface area (Å²) in [6.07, 6.45) is 1.29. The fourth-order valence-electron chi connectivity index (χ4n) is 4.00. The van der Waals surface area contributed by atoms with E-state index in [0.29, 0.717) is 28.6 Å². The van der Waals surface area contributed by atoms with Gasteiger partial charge in [0.1, 0.15) is 11.3 Å². The molecule has 0 atom stereocenters. The molecule has 0 saturated carbocycles. The number of aryl methyl sites for hydroxylation is 1. The van der Waals surface area contributed by atoms with Gasteiger partial charge >= 0.3 is 6.03 Å². The van der Waals surface area contributed by atoms with E-state index in [0.717, 1.165) is 10.5 Å². The highest BCUT2D eigenvalue weighted by Gasteiger charge is 2.37. The predicted molar refractivity (Wildman–Crippen MR) is 160 cm³/mol. The number of barbiturate groups is 1. The van der Waals surface area contributed by atoms with Crippen molar-refractivity contribution in [1.29, 1.82) is 0 Å². The Morgan fingerprint density at radius 3 is 2.31 bits per heavy atom. The molecule has 0 radical (unpaired) electrons. The Balaban J connectivity index is 1.56. The molecule has 1 heterocycles. The number of hydrogen-bond acceptors (Lipinski definition) is 7. The number of ether oxygens (including phenoxy) is 3. The number of carbonyl (C=O) groups is 4. The highest BCUT2D eigenvalue weighted by Crippen LogP contribution is 2.38. The molecule has 1 aliphatic heterocycles. The van der Waals surface area contributed by atoms with Gasteiger partial charge in [-0.05, 0) is 86.5 Å². The van der Waals surface area contributed by atoms with Crippen LogP contribution in [0.4, 0.5) is 16.2 Å². The van der Waals surface area contributed by atoms with Crippen LogP contribution in [0.15, 0.2) is 60.2 Å². The van der Waals surface area contributed by atoms with E-state index < -0.39 is 23.8 Å². The van der Waals surface area contributed by atoms with Gasteiger partial charge in [-0.25, -0.2) is 9.69 Å². The van der Waals surface area contributed by atoms with Gasteiger partial charge < -0.3 is 19.5 Å². The molecule has 0 spiro atoms. The summed E-state index contributed by atoms with van der Waals surface area (Å²) in [7, 11) is 0. The lowest BCUT2D eigenvalue weighted by molar-refractivity contribution is -0.122. The maximum absolute atomic E-state index is 13.3. The Labute approximate surface area is 252 Å². The minimum atomic E-state index is -0.880. The zero-order valence-corrected chi connectivity index (χ0v) is 24.5. The monoisotopic (exact) mass is 611 g/mol. The number of amides is 5. The van der Waals surface area contributed by atoms with Gasteiger partial charge in [0.15, 0.2) is 18.1 Å². The number of urea groups is 1. The third-order valence-corrected chi connectivity index (χ3v) is 6.64. The summed E-state index contributed by atoms with van der Waals surface area (Å²) in [5.41, 5.74) is 1.66. The molecule has 3 aromatic rings. The normalized spacial score (nSPS) is 14.1. The van der Waals surface area contributed by atoms with Crippen LogP contribution in [0.2, 0.25) is 10.0 Å². The van der Waals surface area contributed by atoms with Gasteiger partial charge in [0.25, 0.3) is 17.7 Å². The molecule has 0 unspecified atom stereocenters. The average molecular weight is 612 g/mol. The van der Waals surface area contributed by atoms with E-state index in [-0.39, 0.29) is 41.0 Å². The lowest BCUT2D eigenvalue weighted by Crippen LogP contribution is -2.54. The number of nitrogens with zero attached hydrogens (tertiary/aromatic N) is 1. The van der Waals surface area contributed by atoms with Crippen LogP contribution in [0.25, 0.3) is 6.08 Å². The summed E-state index contributed by atoms with van der Waals surface area (Å²) in [4.78, 5) is 51.9. The second kappa shape index (κ2) is 13.4. The number of nitrogens with one attached hydrogen (secondary N) is 2. The van der Waals surface area contributed by atoms with Crippen molar-refractivity contribution >= 4 is 64.4 Å². The SMILES string of the molecule is CCOc1ccc(N2C(=O)NC(=O)/C(=C\c3cc(Cl)c(OCC(=O)Nc4ccc(C)c(Cl)c4)c(OCC)c3)C2=O)cc1. The third kappa shape index (κ3) is 7.02. The molecule has 12 heteroatoms. The zero-order valence-electron chi connectivity index (χ0n) is 23.0. The van der Waals surface area contributed by atoms with Gasteiger partial charge in [-0.1, -0.05) is 29.3 Å². The minimum absolute atomic E-state index is 0.0714. The van der Waals surface area contributed by atoms with Crippen LogP contribution in [-0.4, -0.2) is 43.6 Å². The van der Waals surface area contributed by atoms with Gasteiger partial charge in [-0.2, -0.15) is 0 Å². The second-order valence-electron chi connectivity index (χ2n) is 8.95. The molecule has 1 aliphatic rings. The summed E-state index contributed by atoms with van der Waals surface area (Å²) in [5, 5.41) is 5.46. The van der Waals surface area contributed by atoms with Crippen LogP contribution >= 0.6 is 23.2 Å². The summed E-state index contributed by atoms with van der Waals surface area (Å²) < 4.78 is 16.8. The number of carbonyl (C=O) groups excluding carboxylic acids is 4. The molecule has 218 valence electrons. The molecule has 0 bridgehead atoms. The standard InChI is InChI=1S/C30H27Cl2N3O7/c1-4-40-21-10-8-20(9-11-21)35-29(38)22(28(37)34-30(35)39)12-18-13-24(32)27(25(14-18)41-5-2)42-16-26(36)33-19-7-6-17(3)23(31)15-19/h6-15H,4-5,16H2,1-3H3,(H,33,36)(H,34,37,39)/b22-12+. The number of hydrogen-bond donors (Lipinski definition) is 2. The molecule has 42 heavy (non-hydrogen) atoms. The average Bonchev–Trinajstić information content (AvgIpc) is 2.94. The van der Waals surface area contributed by atoms with E-state index >= 15 is 0 Å². The first-order valence-corrected chi connectivity index (χ1v) is 13.7. The van der Waals surface area contributed by atoms with Gasteiger partial charge in [0, 0.05) is 10.7 Å². The van der Waals surface area contributed by atoms with Crippen molar-refractivity contribution < 1.29 is 33.4 Å². The topological polar surface area (TPSA) is 123 Å². The van der Waals surface area contributed by atoms with E-state index in [1.54, 1.807) is 37.3 Å². The lowest BCUT2D eigenvalue weighted by atomic mass is 10.1. The molecule has 0 aliphatic carbocycles. The molecule has 4 rings (SSSR count). The molecular formula is C30H27Cl2N3O7. The van der Waals surface area contributed by atoms with E-state index in [9.17, 15) is 19.2 Å². The molecule has 3 aromatic carbocycles. The Hall–Kier alpha value is -4.54. The molecule has 1 fully saturated rings. The molecule has 2 N–H and O–H groups in total. The van der Waals surface area contributed by atoms with E-state index in [4.69, 9.17) is 37.4 Å². The fourth-order valence-corrected chi connectivity index (χ4v) is 4.45. The first-order chi connectivity index (χ1) is 20.1. The number of anilines is 2. The second-order valence-corrected chi connectivity index (χ2v) is 9.76. The Morgan fingerprint density at radius 1 is 0.929 bits per heavy atom. The molecule has 10 nitrogen and oxygen atoms in total. The molecule has 0 aromatic heterocycles. The van der Waals surface area contributed by atoms with Crippen LogP contribution in [0, 0.1) is 6.92 Å². The van der Waals surface area contributed by atoms with Crippen LogP contribution in [0.5, 0.6) is 17.2 Å². The van der Waals surface area contributed by atoms with Gasteiger partial charge in [-0.3, -0.25) is 19.7 Å². The molecular weight excluding hydrogens is 585 g/mol. The van der Waals surface area contributed by atoms with Crippen molar-refractivity contribution in [2.45, 2.75) is 20.8 Å². The van der Waals surface area contributed by atoms with E-state index in [2.05, 4.69) is 10.6 Å². The minimum Gasteiger partial charge on any atom is -0.494 e. The highest BCUT2D eigenvalue weighted by molar-refractivity contribution is 6.39.